The van der Waals surface area contributed by atoms with E-state index in [1.807, 2.05) is 0 Å². The average molecular weight is 242 g/mol. The summed E-state index contributed by atoms with van der Waals surface area (Å²) in [5.41, 5.74) is 5.34. The zero-order valence-corrected chi connectivity index (χ0v) is 9.20. The molecule has 0 atom stereocenters. The third kappa shape index (κ3) is 2.09. The number of benzene rings is 1. The Morgan fingerprint density at radius 2 is 2.25 bits per heavy atom. The molecule has 0 aliphatic carbocycles. The van der Waals surface area contributed by atoms with Gasteiger partial charge in [-0.05, 0) is 6.07 Å². The molecule has 2 N–H and O–H groups in total. The zero-order valence-electron chi connectivity index (χ0n) is 8.45. The largest absolute Gasteiger partial charge is 0.436 e. The predicted molar refractivity (Wildman–Crippen MR) is 59.1 cm³/mol. The Hall–Kier alpha value is -1.75. The van der Waals surface area contributed by atoms with E-state index in [4.69, 9.17) is 22.1 Å². The standard InChI is InChI=1S/C10H9ClFN3O/c1-15-3-2-10(14-15)16-9-5-7(12)8(13)4-6(9)11/h2-5H,13H2,1H3. The number of anilines is 1. The molecule has 2 aromatic rings. The summed E-state index contributed by atoms with van der Waals surface area (Å²) in [6.45, 7) is 0. The third-order valence-electron chi connectivity index (χ3n) is 1.95. The van der Waals surface area contributed by atoms with Crippen molar-refractivity contribution in [3.05, 3.63) is 35.2 Å². The Kier molecular flexibility index (Phi) is 2.70. The monoisotopic (exact) mass is 241 g/mol. The Balaban J connectivity index is 2.31. The number of aryl methyl sites for hydroxylation is 1. The highest BCUT2D eigenvalue weighted by atomic mass is 35.5. The van der Waals surface area contributed by atoms with Gasteiger partial charge in [0.05, 0.1) is 10.7 Å². The molecule has 0 unspecified atom stereocenters. The van der Waals surface area contributed by atoms with Crippen molar-refractivity contribution in [1.29, 1.82) is 0 Å². The molecule has 0 bridgehead atoms. The third-order valence-corrected chi connectivity index (χ3v) is 2.25. The molecule has 4 nitrogen and oxygen atoms in total. The molecule has 0 saturated carbocycles. The Labute approximate surface area is 96.4 Å². The number of halogens is 2. The van der Waals surface area contributed by atoms with Gasteiger partial charge in [0.1, 0.15) is 5.82 Å². The molecule has 6 heteroatoms. The summed E-state index contributed by atoms with van der Waals surface area (Å²) < 4.78 is 20.1. The number of nitrogen functional groups attached to an aromatic ring is 1. The maximum atomic E-state index is 13.2. The zero-order chi connectivity index (χ0) is 11.7. The van der Waals surface area contributed by atoms with E-state index >= 15 is 0 Å². The first-order valence-corrected chi connectivity index (χ1v) is 4.86. The van der Waals surface area contributed by atoms with Crippen LogP contribution in [0.4, 0.5) is 10.1 Å². The highest BCUT2D eigenvalue weighted by molar-refractivity contribution is 6.32. The molecular formula is C10H9ClFN3O. The first-order valence-electron chi connectivity index (χ1n) is 4.48. The van der Waals surface area contributed by atoms with E-state index in [1.54, 1.807) is 24.0 Å². The Morgan fingerprint density at radius 1 is 1.50 bits per heavy atom. The topological polar surface area (TPSA) is 53.1 Å². The molecule has 16 heavy (non-hydrogen) atoms. The fourth-order valence-corrected chi connectivity index (χ4v) is 1.39. The first kappa shape index (κ1) is 10.8. The molecule has 0 saturated heterocycles. The maximum absolute atomic E-state index is 13.2. The highest BCUT2D eigenvalue weighted by Gasteiger charge is 2.09. The summed E-state index contributed by atoms with van der Waals surface area (Å²) in [4.78, 5) is 0. The lowest BCUT2D eigenvalue weighted by Gasteiger charge is -2.06. The van der Waals surface area contributed by atoms with Gasteiger partial charge >= 0.3 is 0 Å². The van der Waals surface area contributed by atoms with E-state index in [1.165, 1.54) is 6.07 Å². The average Bonchev–Trinajstić information content (AvgIpc) is 2.60. The molecule has 84 valence electrons. The van der Waals surface area contributed by atoms with Crippen molar-refractivity contribution < 1.29 is 9.13 Å². The highest BCUT2D eigenvalue weighted by Crippen LogP contribution is 2.31. The Bertz CT molecular complexity index is 527. The summed E-state index contributed by atoms with van der Waals surface area (Å²) in [5.74, 6) is -0.0454. The van der Waals surface area contributed by atoms with Crippen LogP contribution in [-0.4, -0.2) is 9.78 Å². The summed E-state index contributed by atoms with van der Waals surface area (Å²) >= 11 is 5.85. The van der Waals surface area contributed by atoms with Gasteiger partial charge in [-0.15, -0.1) is 5.10 Å². The van der Waals surface area contributed by atoms with Gasteiger partial charge in [0, 0.05) is 25.4 Å². The number of nitrogens with zero attached hydrogens (tertiary/aromatic N) is 2. The van der Waals surface area contributed by atoms with Crippen LogP contribution in [0.15, 0.2) is 24.4 Å². The van der Waals surface area contributed by atoms with E-state index in [9.17, 15) is 4.39 Å². The van der Waals surface area contributed by atoms with E-state index in [2.05, 4.69) is 5.10 Å². The quantitative estimate of drug-likeness (QED) is 0.823. The van der Waals surface area contributed by atoms with Gasteiger partial charge in [-0.3, -0.25) is 4.68 Å². The van der Waals surface area contributed by atoms with Crippen molar-refractivity contribution in [2.75, 3.05) is 5.73 Å². The molecule has 0 aliphatic heterocycles. The van der Waals surface area contributed by atoms with Gasteiger partial charge in [-0.2, -0.15) is 0 Å². The van der Waals surface area contributed by atoms with Crippen LogP contribution in [0.25, 0.3) is 0 Å². The second-order valence-electron chi connectivity index (χ2n) is 3.23. The van der Waals surface area contributed by atoms with E-state index in [-0.39, 0.29) is 16.5 Å². The van der Waals surface area contributed by atoms with E-state index in [0.717, 1.165) is 6.07 Å². The maximum Gasteiger partial charge on any atom is 0.238 e. The van der Waals surface area contributed by atoms with Crippen molar-refractivity contribution in [2.24, 2.45) is 7.05 Å². The molecule has 2 rings (SSSR count). The number of rotatable bonds is 2. The van der Waals surface area contributed by atoms with Crippen LogP contribution >= 0.6 is 11.6 Å². The van der Waals surface area contributed by atoms with Crippen molar-refractivity contribution in [3.8, 4) is 11.6 Å². The summed E-state index contributed by atoms with van der Waals surface area (Å²) in [5, 5.41) is 4.22. The van der Waals surface area contributed by atoms with Crippen LogP contribution in [0, 0.1) is 5.82 Å². The SMILES string of the molecule is Cn1ccc(Oc2cc(F)c(N)cc2Cl)n1. The van der Waals surface area contributed by atoms with E-state index < -0.39 is 5.82 Å². The molecule has 1 aromatic heterocycles. The second-order valence-corrected chi connectivity index (χ2v) is 3.64. The van der Waals surface area contributed by atoms with E-state index in [0.29, 0.717) is 5.88 Å². The van der Waals surface area contributed by atoms with Crippen LogP contribution in [0.1, 0.15) is 0 Å². The number of aromatic nitrogens is 2. The van der Waals surface area contributed by atoms with Gasteiger partial charge < -0.3 is 10.5 Å². The van der Waals surface area contributed by atoms with Gasteiger partial charge in [0.15, 0.2) is 5.75 Å². The second kappa shape index (κ2) is 4.02. The molecule has 0 spiro atoms. The summed E-state index contributed by atoms with van der Waals surface area (Å²) in [6, 6.07) is 4.08. The number of ether oxygens (including phenoxy) is 1. The summed E-state index contributed by atoms with van der Waals surface area (Å²) in [7, 11) is 1.75. The molecule has 1 aromatic carbocycles. The van der Waals surface area contributed by atoms with Gasteiger partial charge in [0.2, 0.25) is 5.88 Å². The van der Waals surface area contributed by atoms with Gasteiger partial charge in [-0.1, -0.05) is 11.6 Å². The molecular weight excluding hydrogens is 233 g/mol. The lowest BCUT2D eigenvalue weighted by atomic mass is 10.3. The molecule has 1 heterocycles. The van der Waals surface area contributed by atoms with Crippen molar-refractivity contribution in [2.45, 2.75) is 0 Å². The van der Waals surface area contributed by atoms with Crippen molar-refractivity contribution >= 4 is 17.3 Å². The number of nitrogens with two attached hydrogens (primary N) is 1. The fourth-order valence-electron chi connectivity index (χ4n) is 1.18. The smallest absolute Gasteiger partial charge is 0.238 e. The molecule has 0 fully saturated rings. The van der Waals surface area contributed by atoms with Crippen LogP contribution in [0.2, 0.25) is 5.02 Å². The number of hydrogen-bond acceptors (Lipinski definition) is 3. The minimum absolute atomic E-state index is 0.0154. The molecule has 0 radical (unpaired) electrons. The van der Waals surface area contributed by atoms with Crippen LogP contribution in [0.3, 0.4) is 0 Å². The lowest BCUT2D eigenvalue weighted by molar-refractivity contribution is 0.450. The van der Waals surface area contributed by atoms with Gasteiger partial charge in [-0.25, -0.2) is 4.39 Å². The number of hydrogen-bond donors (Lipinski definition) is 1. The first-order chi connectivity index (χ1) is 7.56. The van der Waals surface area contributed by atoms with Gasteiger partial charge in [0.25, 0.3) is 0 Å². The minimum Gasteiger partial charge on any atom is -0.436 e. The van der Waals surface area contributed by atoms with Crippen LogP contribution < -0.4 is 10.5 Å². The van der Waals surface area contributed by atoms with Crippen molar-refractivity contribution in [3.63, 3.8) is 0 Å². The van der Waals surface area contributed by atoms with Crippen molar-refractivity contribution in [1.82, 2.24) is 9.78 Å². The van der Waals surface area contributed by atoms with Crippen LogP contribution in [-0.2, 0) is 7.05 Å². The normalized spacial score (nSPS) is 10.4. The lowest BCUT2D eigenvalue weighted by Crippen LogP contribution is -1.94. The molecule has 0 amide bonds. The van der Waals surface area contributed by atoms with Crippen LogP contribution in [0.5, 0.6) is 11.6 Å². The molecule has 0 aliphatic rings. The summed E-state index contributed by atoms with van der Waals surface area (Å²) in [6.07, 6.45) is 1.71. The predicted octanol–water partition coefficient (Wildman–Crippen LogP) is 2.59. The fraction of sp³-hybridized carbons (Fsp3) is 0.100. The Morgan fingerprint density at radius 3 is 2.88 bits per heavy atom. The minimum atomic E-state index is -0.574.